The molecular formula is C17H27NO4S. The van der Waals surface area contributed by atoms with E-state index < -0.39 is 10.0 Å². The summed E-state index contributed by atoms with van der Waals surface area (Å²) in [5.74, 6) is 1.50. The molecule has 1 aliphatic heterocycles. The van der Waals surface area contributed by atoms with Gasteiger partial charge in [-0.05, 0) is 49.3 Å². The fraction of sp³-hybridized carbons (Fsp3) is 0.647. The number of hydrogen-bond acceptors (Lipinski definition) is 4. The molecule has 0 unspecified atom stereocenters. The van der Waals surface area contributed by atoms with E-state index in [-0.39, 0.29) is 5.75 Å². The summed E-state index contributed by atoms with van der Waals surface area (Å²) in [5, 5.41) is 0. The van der Waals surface area contributed by atoms with Crippen LogP contribution in [0.25, 0.3) is 0 Å². The second-order valence-electron chi connectivity index (χ2n) is 6.22. The minimum absolute atomic E-state index is 0.212. The van der Waals surface area contributed by atoms with Gasteiger partial charge in [-0.2, -0.15) is 0 Å². The molecule has 1 aliphatic rings. The number of rotatable bonds is 7. The number of hydrogen-bond donors (Lipinski definition) is 0. The first-order valence-electron chi connectivity index (χ1n) is 8.07. The molecule has 130 valence electrons. The van der Waals surface area contributed by atoms with Gasteiger partial charge in [-0.25, -0.2) is 12.7 Å². The fourth-order valence-corrected chi connectivity index (χ4v) is 4.19. The monoisotopic (exact) mass is 341 g/mol. The minimum atomic E-state index is -3.23. The van der Waals surface area contributed by atoms with Gasteiger partial charge in [-0.1, -0.05) is 12.1 Å². The molecule has 5 nitrogen and oxygen atoms in total. The highest BCUT2D eigenvalue weighted by molar-refractivity contribution is 7.89. The van der Waals surface area contributed by atoms with E-state index in [4.69, 9.17) is 9.47 Å². The molecule has 1 saturated heterocycles. The van der Waals surface area contributed by atoms with Crippen LogP contribution in [0, 0.1) is 12.8 Å². The lowest BCUT2D eigenvalue weighted by atomic mass is 9.98. The standard InChI is InChI=1S/C17H27NO4S/c1-14-12-16(4-5-17(14)21-3)13-18(2)23(19,20)11-8-15-6-9-22-10-7-15/h4-5,12,15H,6-11,13H2,1-3H3. The molecule has 0 aromatic heterocycles. The van der Waals surface area contributed by atoms with Crippen LogP contribution in [0.5, 0.6) is 5.75 Å². The molecule has 0 spiro atoms. The second-order valence-corrected chi connectivity index (χ2v) is 8.42. The zero-order chi connectivity index (χ0) is 16.9. The van der Waals surface area contributed by atoms with Gasteiger partial charge in [0.1, 0.15) is 5.75 Å². The van der Waals surface area contributed by atoms with Crippen molar-refractivity contribution in [3.63, 3.8) is 0 Å². The number of benzene rings is 1. The topological polar surface area (TPSA) is 55.8 Å². The van der Waals surface area contributed by atoms with Gasteiger partial charge in [-0.15, -0.1) is 0 Å². The second kappa shape index (κ2) is 8.13. The summed E-state index contributed by atoms with van der Waals surface area (Å²) in [7, 11) is 0.0604. The number of sulfonamides is 1. The van der Waals surface area contributed by atoms with E-state index in [2.05, 4.69) is 0 Å². The van der Waals surface area contributed by atoms with Crippen LogP contribution in [-0.4, -0.2) is 45.8 Å². The van der Waals surface area contributed by atoms with Crippen LogP contribution in [0.4, 0.5) is 0 Å². The summed E-state index contributed by atoms with van der Waals surface area (Å²) in [4.78, 5) is 0. The zero-order valence-electron chi connectivity index (χ0n) is 14.2. The molecule has 6 heteroatoms. The van der Waals surface area contributed by atoms with Crippen molar-refractivity contribution in [3.05, 3.63) is 29.3 Å². The Labute approximate surface area is 139 Å². The summed E-state index contributed by atoms with van der Waals surface area (Å²) in [6, 6.07) is 5.77. The Kier molecular flexibility index (Phi) is 6.44. The van der Waals surface area contributed by atoms with Gasteiger partial charge in [-0.3, -0.25) is 0 Å². The lowest BCUT2D eigenvalue weighted by Crippen LogP contribution is -2.30. The predicted octanol–water partition coefficient (Wildman–Crippen LogP) is 2.58. The molecule has 1 aromatic carbocycles. The van der Waals surface area contributed by atoms with Gasteiger partial charge in [0.25, 0.3) is 0 Å². The first-order valence-corrected chi connectivity index (χ1v) is 9.68. The first kappa shape index (κ1) is 18.2. The summed E-state index contributed by atoms with van der Waals surface area (Å²) < 4.78 is 36.9. The van der Waals surface area contributed by atoms with Gasteiger partial charge in [0, 0.05) is 26.8 Å². The van der Waals surface area contributed by atoms with Gasteiger partial charge < -0.3 is 9.47 Å². The van der Waals surface area contributed by atoms with Crippen molar-refractivity contribution >= 4 is 10.0 Å². The lowest BCUT2D eigenvalue weighted by Gasteiger charge is -2.23. The third-order valence-corrected chi connectivity index (χ3v) is 6.29. The highest BCUT2D eigenvalue weighted by Gasteiger charge is 2.22. The average molecular weight is 341 g/mol. The van der Waals surface area contributed by atoms with Crippen LogP contribution in [0.2, 0.25) is 0 Å². The fourth-order valence-electron chi connectivity index (χ4n) is 2.90. The molecule has 0 aliphatic carbocycles. The van der Waals surface area contributed by atoms with Crippen LogP contribution in [0.3, 0.4) is 0 Å². The van der Waals surface area contributed by atoms with Crippen LogP contribution in [0.15, 0.2) is 18.2 Å². The van der Waals surface area contributed by atoms with E-state index in [0.29, 0.717) is 12.5 Å². The Morgan fingerprint density at radius 2 is 2.00 bits per heavy atom. The lowest BCUT2D eigenvalue weighted by molar-refractivity contribution is 0.0655. The van der Waals surface area contributed by atoms with Crippen LogP contribution >= 0.6 is 0 Å². The van der Waals surface area contributed by atoms with Gasteiger partial charge in [0.05, 0.1) is 12.9 Å². The molecule has 1 fully saturated rings. The molecule has 0 atom stereocenters. The van der Waals surface area contributed by atoms with Crippen LogP contribution in [0.1, 0.15) is 30.4 Å². The van der Waals surface area contributed by atoms with Crippen molar-refractivity contribution in [2.45, 2.75) is 32.7 Å². The number of aryl methyl sites for hydroxylation is 1. The van der Waals surface area contributed by atoms with Gasteiger partial charge >= 0.3 is 0 Å². The molecule has 0 saturated carbocycles. The summed E-state index contributed by atoms with van der Waals surface area (Å²) in [6.07, 6.45) is 2.66. The maximum absolute atomic E-state index is 12.5. The molecule has 0 amide bonds. The van der Waals surface area contributed by atoms with Crippen molar-refractivity contribution in [2.75, 3.05) is 33.1 Å². The molecule has 0 radical (unpaired) electrons. The minimum Gasteiger partial charge on any atom is -0.496 e. The predicted molar refractivity (Wildman–Crippen MR) is 91.1 cm³/mol. The molecule has 23 heavy (non-hydrogen) atoms. The Bertz CT molecular complexity index is 609. The molecule has 1 aromatic rings. The van der Waals surface area contributed by atoms with Crippen LogP contribution in [-0.2, 0) is 21.3 Å². The average Bonchev–Trinajstić information content (AvgIpc) is 2.54. The molecule has 0 bridgehead atoms. The largest absolute Gasteiger partial charge is 0.496 e. The molecule has 0 N–H and O–H groups in total. The molecule has 2 rings (SSSR count). The van der Waals surface area contributed by atoms with Crippen molar-refractivity contribution in [2.24, 2.45) is 5.92 Å². The quantitative estimate of drug-likeness (QED) is 0.765. The third kappa shape index (κ3) is 5.19. The van der Waals surface area contributed by atoms with Crippen molar-refractivity contribution in [3.8, 4) is 5.75 Å². The first-order chi connectivity index (χ1) is 10.9. The Morgan fingerprint density at radius 1 is 1.30 bits per heavy atom. The van der Waals surface area contributed by atoms with Gasteiger partial charge in [0.2, 0.25) is 10.0 Å². The van der Waals surface area contributed by atoms with E-state index in [1.807, 2.05) is 25.1 Å². The third-order valence-electron chi connectivity index (χ3n) is 4.46. The normalized spacial score (nSPS) is 16.7. The van der Waals surface area contributed by atoms with Crippen molar-refractivity contribution < 1.29 is 17.9 Å². The zero-order valence-corrected chi connectivity index (χ0v) is 15.1. The Morgan fingerprint density at radius 3 is 2.61 bits per heavy atom. The summed E-state index contributed by atoms with van der Waals surface area (Å²) in [5.41, 5.74) is 1.98. The van der Waals surface area contributed by atoms with E-state index >= 15 is 0 Å². The van der Waals surface area contributed by atoms with Crippen molar-refractivity contribution in [1.29, 1.82) is 0 Å². The van der Waals surface area contributed by atoms with Gasteiger partial charge in [0.15, 0.2) is 0 Å². The Hall–Kier alpha value is -1.11. The van der Waals surface area contributed by atoms with E-state index in [9.17, 15) is 8.42 Å². The summed E-state index contributed by atoms with van der Waals surface area (Å²) in [6.45, 7) is 3.86. The van der Waals surface area contributed by atoms with Crippen LogP contribution < -0.4 is 4.74 Å². The van der Waals surface area contributed by atoms with E-state index in [1.54, 1.807) is 14.2 Å². The summed E-state index contributed by atoms with van der Waals surface area (Å²) >= 11 is 0. The smallest absolute Gasteiger partial charge is 0.214 e. The number of nitrogens with zero attached hydrogens (tertiary/aromatic N) is 1. The highest BCUT2D eigenvalue weighted by atomic mass is 32.2. The maximum atomic E-state index is 12.5. The molecule has 1 heterocycles. The number of methoxy groups -OCH3 is 1. The Balaban J connectivity index is 1.92. The molecular weight excluding hydrogens is 314 g/mol. The maximum Gasteiger partial charge on any atom is 0.214 e. The highest BCUT2D eigenvalue weighted by Crippen LogP contribution is 2.22. The van der Waals surface area contributed by atoms with E-state index in [0.717, 1.165) is 49.4 Å². The number of ether oxygens (including phenoxy) is 2. The van der Waals surface area contributed by atoms with E-state index in [1.165, 1.54) is 4.31 Å². The van der Waals surface area contributed by atoms with Crippen molar-refractivity contribution in [1.82, 2.24) is 4.31 Å². The SMILES string of the molecule is COc1ccc(CN(C)S(=O)(=O)CCC2CCOCC2)cc1C.